The first-order valence-corrected chi connectivity index (χ1v) is 8.67. The Hall–Kier alpha value is -1.54. The Morgan fingerprint density at radius 2 is 2.14 bits per heavy atom. The lowest BCUT2D eigenvalue weighted by atomic mass is 10.3. The number of anilines is 3. The molecule has 0 aliphatic heterocycles. The number of hydrogen-bond donors (Lipinski definition) is 3. The van der Waals surface area contributed by atoms with Crippen LogP contribution in [0.15, 0.2) is 6.33 Å². The Kier molecular flexibility index (Phi) is 6.73. The minimum atomic E-state index is -0.147. The van der Waals surface area contributed by atoms with Gasteiger partial charge in [0.1, 0.15) is 12.0 Å². The molecule has 1 heterocycles. The number of thioether (sulfide) groups is 1. The second kappa shape index (κ2) is 8.79. The summed E-state index contributed by atoms with van der Waals surface area (Å²) in [5, 5.41) is 2.64. The van der Waals surface area contributed by atoms with Crippen molar-refractivity contribution in [3.05, 3.63) is 6.33 Å². The lowest BCUT2D eigenvalue weighted by molar-refractivity contribution is -0.113. The lowest BCUT2D eigenvalue weighted by Gasteiger charge is -2.10. The van der Waals surface area contributed by atoms with Crippen LogP contribution in [0.4, 0.5) is 17.3 Å². The predicted octanol–water partition coefficient (Wildman–Crippen LogP) is 1.66. The highest BCUT2D eigenvalue weighted by molar-refractivity contribution is 7.99. The zero-order valence-electron chi connectivity index (χ0n) is 12.6. The van der Waals surface area contributed by atoms with Crippen molar-refractivity contribution in [3.8, 4) is 0 Å². The van der Waals surface area contributed by atoms with Crippen molar-refractivity contribution in [1.29, 1.82) is 0 Å². The van der Waals surface area contributed by atoms with E-state index < -0.39 is 0 Å². The van der Waals surface area contributed by atoms with E-state index >= 15 is 0 Å². The quantitative estimate of drug-likeness (QED) is 0.622. The molecule has 0 spiro atoms. The van der Waals surface area contributed by atoms with Crippen LogP contribution in [0.25, 0.3) is 0 Å². The molecule has 5 N–H and O–H groups in total. The van der Waals surface area contributed by atoms with E-state index in [9.17, 15) is 4.79 Å². The van der Waals surface area contributed by atoms with Crippen LogP contribution in [-0.4, -0.2) is 40.1 Å². The molecule has 122 valence electrons. The van der Waals surface area contributed by atoms with Crippen molar-refractivity contribution >= 4 is 35.0 Å². The monoisotopic (exact) mass is 325 g/mol. The molecule has 1 aromatic rings. The van der Waals surface area contributed by atoms with Gasteiger partial charge in [-0.2, -0.15) is 11.8 Å². The highest BCUT2D eigenvalue weighted by Crippen LogP contribution is 2.21. The normalized spacial score (nSPS) is 15.1. The largest absolute Gasteiger partial charge is 0.393 e. The van der Waals surface area contributed by atoms with Gasteiger partial charge in [-0.05, 0) is 25.0 Å². The molecule has 1 fully saturated rings. The Bertz CT molecular complexity index is 494. The van der Waals surface area contributed by atoms with Crippen LogP contribution in [0, 0.1) is 0 Å². The summed E-state index contributed by atoms with van der Waals surface area (Å²) in [6.45, 7) is 0.772. The van der Waals surface area contributed by atoms with Gasteiger partial charge >= 0.3 is 0 Å². The molecule has 0 unspecified atom stereocenters. The smallest absolute Gasteiger partial charge is 0.235 e. The van der Waals surface area contributed by atoms with E-state index in [2.05, 4.69) is 15.3 Å². The molecule has 0 saturated heterocycles. The molecule has 22 heavy (non-hydrogen) atoms. The average molecular weight is 325 g/mol. The highest BCUT2D eigenvalue weighted by atomic mass is 32.2. The lowest BCUT2D eigenvalue weighted by Crippen LogP contribution is -2.17. The van der Waals surface area contributed by atoms with Gasteiger partial charge in [0, 0.05) is 6.61 Å². The summed E-state index contributed by atoms with van der Waals surface area (Å²) < 4.78 is 5.77. The molecule has 1 saturated carbocycles. The predicted molar refractivity (Wildman–Crippen MR) is 89.6 cm³/mol. The van der Waals surface area contributed by atoms with Crippen molar-refractivity contribution in [3.63, 3.8) is 0 Å². The van der Waals surface area contributed by atoms with E-state index in [1.807, 2.05) is 0 Å². The van der Waals surface area contributed by atoms with E-state index in [0.29, 0.717) is 11.9 Å². The molecule has 0 atom stereocenters. The number of nitrogens with zero attached hydrogens (tertiary/aromatic N) is 2. The van der Waals surface area contributed by atoms with Crippen molar-refractivity contribution in [2.75, 3.05) is 34.9 Å². The molecule has 0 aromatic carbocycles. The van der Waals surface area contributed by atoms with Gasteiger partial charge < -0.3 is 21.5 Å². The van der Waals surface area contributed by atoms with Gasteiger partial charge in [-0.1, -0.05) is 12.8 Å². The number of amides is 1. The van der Waals surface area contributed by atoms with Gasteiger partial charge in [0.2, 0.25) is 5.91 Å². The first kappa shape index (κ1) is 16.8. The molecule has 0 bridgehead atoms. The Morgan fingerprint density at radius 3 is 2.91 bits per heavy atom. The zero-order chi connectivity index (χ0) is 15.8. The fourth-order valence-electron chi connectivity index (χ4n) is 2.31. The second-order valence-electron chi connectivity index (χ2n) is 5.25. The molecule has 2 rings (SSSR count). The van der Waals surface area contributed by atoms with Crippen molar-refractivity contribution < 1.29 is 9.53 Å². The summed E-state index contributed by atoms with van der Waals surface area (Å²) in [6.07, 6.45) is 7.65. The Balaban J connectivity index is 1.56. The van der Waals surface area contributed by atoms with Crippen LogP contribution in [0.3, 0.4) is 0 Å². The third-order valence-electron chi connectivity index (χ3n) is 3.49. The molecule has 7 nitrogen and oxygen atoms in total. The topological polar surface area (TPSA) is 116 Å². The number of hydrogen-bond acceptors (Lipinski definition) is 7. The number of ether oxygens (including phenoxy) is 1. The van der Waals surface area contributed by atoms with Gasteiger partial charge in [0.25, 0.3) is 0 Å². The van der Waals surface area contributed by atoms with Crippen LogP contribution in [0.5, 0.6) is 0 Å². The van der Waals surface area contributed by atoms with E-state index in [0.717, 1.165) is 18.8 Å². The molecule has 0 radical (unpaired) electrons. The molecular weight excluding hydrogens is 302 g/mol. The van der Waals surface area contributed by atoms with Gasteiger partial charge in [-0.15, -0.1) is 0 Å². The molecule has 1 aliphatic rings. The summed E-state index contributed by atoms with van der Waals surface area (Å²) in [5.74, 6) is 1.53. The average Bonchev–Trinajstić information content (AvgIpc) is 3.01. The third kappa shape index (κ3) is 5.34. The summed E-state index contributed by atoms with van der Waals surface area (Å²) in [5.41, 5.74) is 11.5. The van der Waals surface area contributed by atoms with Crippen LogP contribution in [-0.2, 0) is 9.53 Å². The molecule has 1 amide bonds. The first-order chi connectivity index (χ1) is 10.7. The molecule has 1 aromatic heterocycles. The third-order valence-corrected chi connectivity index (χ3v) is 4.54. The number of nitrogens with two attached hydrogens (primary N) is 2. The van der Waals surface area contributed by atoms with Gasteiger partial charge in [0.05, 0.1) is 11.9 Å². The number of carbonyl (C=O) groups excluding carboxylic acids is 1. The first-order valence-electron chi connectivity index (χ1n) is 7.52. The number of carbonyl (C=O) groups is 1. The van der Waals surface area contributed by atoms with Crippen molar-refractivity contribution in [1.82, 2.24) is 9.97 Å². The summed E-state index contributed by atoms with van der Waals surface area (Å²) >= 11 is 1.57. The van der Waals surface area contributed by atoms with E-state index in [-0.39, 0.29) is 23.2 Å². The van der Waals surface area contributed by atoms with E-state index in [1.165, 1.54) is 32.0 Å². The summed E-state index contributed by atoms with van der Waals surface area (Å²) in [7, 11) is 0. The SMILES string of the molecule is Nc1ncnc(NC(=O)CSCCCOC2CCCC2)c1N. The van der Waals surface area contributed by atoms with Crippen LogP contribution < -0.4 is 16.8 Å². The van der Waals surface area contributed by atoms with Crippen molar-refractivity contribution in [2.45, 2.75) is 38.2 Å². The zero-order valence-corrected chi connectivity index (χ0v) is 13.4. The maximum absolute atomic E-state index is 11.8. The number of nitrogens with one attached hydrogen (secondary N) is 1. The minimum Gasteiger partial charge on any atom is -0.393 e. The fraction of sp³-hybridized carbons (Fsp3) is 0.643. The summed E-state index contributed by atoms with van der Waals surface area (Å²) in [6, 6.07) is 0. The van der Waals surface area contributed by atoms with Crippen LogP contribution in [0.1, 0.15) is 32.1 Å². The molecule has 1 aliphatic carbocycles. The highest BCUT2D eigenvalue weighted by Gasteiger charge is 2.14. The number of aromatic nitrogens is 2. The fourth-order valence-corrected chi connectivity index (χ4v) is 3.03. The van der Waals surface area contributed by atoms with Crippen LogP contribution in [0.2, 0.25) is 0 Å². The minimum absolute atomic E-state index is 0.147. The molecular formula is C14H23N5O2S. The maximum Gasteiger partial charge on any atom is 0.235 e. The van der Waals surface area contributed by atoms with Gasteiger partial charge in [-0.25, -0.2) is 9.97 Å². The Morgan fingerprint density at radius 1 is 1.36 bits per heavy atom. The van der Waals surface area contributed by atoms with Crippen LogP contribution >= 0.6 is 11.8 Å². The van der Waals surface area contributed by atoms with E-state index in [4.69, 9.17) is 16.2 Å². The van der Waals surface area contributed by atoms with E-state index in [1.54, 1.807) is 11.8 Å². The van der Waals surface area contributed by atoms with Gasteiger partial charge in [-0.3, -0.25) is 4.79 Å². The second-order valence-corrected chi connectivity index (χ2v) is 6.36. The Labute approximate surface area is 134 Å². The van der Waals surface area contributed by atoms with Crippen molar-refractivity contribution in [2.24, 2.45) is 0 Å². The number of rotatable bonds is 8. The number of nitrogen functional groups attached to an aromatic ring is 2. The maximum atomic E-state index is 11.8. The molecule has 8 heteroatoms. The summed E-state index contributed by atoms with van der Waals surface area (Å²) in [4.78, 5) is 19.4. The standard InChI is InChI=1S/C14H23N5O2S/c15-12-13(16)17-9-18-14(12)19-11(20)8-22-7-3-6-21-10-4-1-2-5-10/h9-10H,1-8,15H2,(H3,16,17,18,19,20). The van der Waals surface area contributed by atoms with Gasteiger partial charge in [0.15, 0.2) is 11.6 Å².